The minimum atomic E-state index is -0.190. The monoisotopic (exact) mass is 360 g/mol. The number of amides is 1. The first-order chi connectivity index (χ1) is 12.9. The molecule has 3 rings (SSSR count). The Hall–Kier alpha value is -3.21. The van der Waals surface area contributed by atoms with Crippen LogP contribution in [0.5, 0.6) is 0 Å². The van der Waals surface area contributed by atoms with Crippen molar-refractivity contribution >= 4 is 17.5 Å². The van der Waals surface area contributed by atoms with Crippen molar-refractivity contribution in [3.63, 3.8) is 0 Å². The van der Waals surface area contributed by atoms with E-state index in [1.54, 1.807) is 12.4 Å². The molecule has 2 N–H and O–H groups in total. The summed E-state index contributed by atoms with van der Waals surface area (Å²) < 4.78 is 0. The molecule has 1 heterocycles. The van der Waals surface area contributed by atoms with Crippen LogP contribution in [-0.4, -0.2) is 15.9 Å². The molecule has 0 unspecified atom stereocenters. The lowest BCUT2D eigenvalue weighted by molar-refractivity contribution is 0.0950. The molecule has 0 radical (unpaired) electrons. The summed E-state index contributed by atoms with van der Waals surface area (Å²) >= 11 is 0. The molecule has 1 amide bonds. The Bertz CT molecular complexity index is 924. The first kappa shape index (κ1) is 18.6. The van der Waals surface area contributed by atoms with Gasteiger partial charge in [0.25, 0.3) is 5.91 Å². The zero-order valence-corrected chi connectivity index (χ0v) is 16.1. The number of aryl methyl sites for hydroxylation is 4. The van der Waals surface area contributed by atoms with Gasteiger partial charge in [-0.1, -0.05) is 47.5 Å². The van der Waals surface area contributed by atoms with E-state index in [2.05, 4.69) is 53.5 Å². The van der Waals surface area contributed by atoms with Gasteiger partial charge in [-0.3, -0.25) is 4.79 Å². The molecule has 5 nitrogen and oxygen atoms in total. The molecule has 27 heavy (non-hydrogen) atoms. The Morgan fingerprint density at radius 1 is 0.889 bits per heavy atom. The van der Waals surface area contributed by atoms with Crippen LogP contribution in [0.1, 0.15) is 38.2 Å². The van der Waals surface area contributed by atoms with Crippen molar-refractivity contribution in [1.29, 1.82) is 0 Å². The number of nitrogens with one attached hydrogen (secondary N) is 2. The topological polar surface area (TPSA) is 66.9 Å². The molecule has 5 heteroatoms. The molecule has 1 aromatic heterocycles. The first-order valence-corrected chi connectivity index (χ1v) is 8.93. The minimum absolute atomic E-state index is 0.190. The van der Waals surface area contributed by atoms with Gasteiger partial charge in [0.05, 0.1) is 5.56 Å². The lowest BCUT2D eigenvalue weighted by atomic mass is 10.1. The quantitative estimate of drug-likeness (QED) is 0.708. The van der Waals surface area contributed by atoms with Gasteiger partial charge in [-0.2, -0.15) is 0 Å². The maximum atomic E-state index is 12.3. The van der Waals surface area contributed by atoms with E-state index in [0.717, 1.165) is 22.4 Å². The minimum Gasteiger partial charge on any atom is -0.348 e. The van der Waals surface area contributed by atoms with Crippen LogP contribution in [0.15, 0.2) is 48.8 Å². The van der Waals surface area contributed by atoms with E-state index < -0.39 is 0 Å². The predicted octanol–water partition coefficient (Wildman–Crippen LogP) is 4.38. The summed E-state index contributed by atoms with van der Waals surface area (Å²) in [5, 5.41) is 6.13. The van der Waals surface area contributed by atoms with Gasteiger partial charge in [-0.15, -0.1) is 0 Å². The highest BCUT2D eigenvalue weighted by molar-refractivity contribution is 5.93. The number of benzene rings is 2. The number of carbonyl (C=O) groups is 1. The number of nitrogens with zero attached hydrogens (tertiary/aromatic N) is 2. The van der Waals surface area contributed by atoms with Crippen molar-refractivity contribution in [1.82, 2.24) is 15.3 Å². The van der Waals surface area contributed by atoms with Crippen LogP contribution in [0.3, 0.4) is 0 Å². The summed E-state index contributed by atoms with van der Waals surface area (Å²) in [5.41, 5.74) is 7.17. The van der Waals surface area contributed by atoms with Gasteiger partial charge < -0.3 is 10.6 Å². The second kappa shape index (κ2) is 7.99. The van der Waals surface area contributed by atoms with Gasteiger partial charge in [0.2, 0.25) is 5.95 Å². The molecule has 0 saturated carbocycles. The van der Waals surface area contributed by atoms with E-state index in [1.165, 1.54) is 11.1 Å². The lowest BCUT2D eigenvalue weighted by Gasteiger charge is -2.12. The fraction of sp³-hybridized carbons (Fsp3) is 0.227. The average Bonchev–Trinajstić information content (AvgIpc) is 2.64. The van der Waals surface area contributed by atoms with Crippen LogP contribution < -0.4 is 10.6 Å². The summed E-state index contributed by atoms with van der Waals surface area (Å²) in [6.07, 6.45) is 3.08. The normalized spacial score (nSPS) is 10.5. The molecule has 0 aliphatic rings. The van der Waals surface area contributed by atoms with Gasteiger partial charge >= 0.3 is 0 Å². The van der Waals surface area contributed by atoms with E-state index in [-0.39, 0.29) is 5.91 Å². The molecular weight excluding hydrogens is 336 g/mol. The third-order valence-corrected chi connectivity index (χ3v) is 4.40. The molecule has 0 spiro atoms. The smallest absolute Gasteiger partial charge is 0.254 e. The van der Waals surface area contributed by atoms with Gasteiger partial charge in [-0.25, -0.2) is 9.97 Å². The maximum absolute atomic E-state index is 12.3. The molecule has 3 aromatic rings. The molecular formula is C22H24N4O. The first-order valence-electron chi connectivity index (χ1n) is 8.93. The van der Waals surface area contributed by atoms with Crippen molar-refractivity contribution in [2.24, 2.45) is 0 Å². The summed E-state index contributed by atoms with van der Waals surface area (Å²) in [4.78, 5) is 20.9. The molecule has 0 aliphatic heterocycles. The zero-order valence-electron chi connectivity index (χ0n) is 16.1. The van der Waals surface area contributed by atoms with Gasteiger partial charge in [-0.05, 0) is 44.4 Å². The second-order valence-corrected chi connectivity index (χ2v) is 6.86. The molecule has 138 valence electrons. The van der Waals surface area contributed by atoms with E-state index in [0.29, 0.717) is 18.1 Å². The number of carbonyl (C=O) groups excluding carboxylic acids is 1. The molecule has 0 bridgehead atoms. The van der Waals surface area contributed by atoms with Gasteiger partial charge in [0, 0.05) is 24.6 Å². The number of aromatic nitrogens is 2. The fourth-order valence-corrected chi connectivity index (χ4v) is 2.99. The molecule has 0 saturated heterocycles. The Morgan fingerprint density at radius 3 is 2.07 bits per heavy atom. The highest BCUT2D eigenvalue weighted by Crippen LogP contribution is 2.24. The van der Waals surface area contributed by atoms with Crippen molar-refractivity contribution in [3.05, 3.63) is 82.2 Å². The molecule has 0 aliphatic carbocycles. The largest absolute Gasteiger partial charge is 0.348 e. The van der Waals surface area contributed by atoms with Crippen LogP contribution in [0.2, 0.25) is 0 Å². The third-order valence-electron chi connectivity index (χ3n) is 4.40. The maximum Gasteiger partial charge on any atom is 0.254 e. The van der Waals surface area contributed by atoms with Crippen molar-refractivity contribution in [3.8, 4) is 0 Å². The molecule has 2 aromatic carbocycles. The standard InChI is InChI=1S/C22H24N4O/c1-14-5-7-18(8-6-14)11-23-21(27)19-12-24-22(25-13-19)26-20-16(3)9-15(2)10-17(20)4/h5-10,12-13H,11H2,1-4H3,(H,23,27)(H,24,25,26). The van der Waals surface area contributed by atoms with Crippen LogP contribution in [0.25, 0.3) is 0 Å². The Morgan fingerprint density at radius 2 is 1.48 bits per heavy atom. The lowest BCUT2D eigenvalue weighted by Crippen LogP contribution is -2.23. The molecule has 0 fully saturated rings. The second-order valence-electron chi connectivity index (χ2n) is 6.86. The van der Waals surface area contributed by atoms with Crippen molar-refractivity contribution < 1.29 is 4.79 Å². The third kappa shape index (κ3) is 4.70. The van der Waals surface area contributed by atoms with Crippen LogP contribution in [-0.2, 0) is 6.54 Å². The Labute approximate surface area is 159 Å². The zero-order chi connectivity index (χ0) is 19.4. The Kier molecular flexibility index (Phi) is 5.50. The van der Waals surface area contributed by atoms with Gasteiger partial charge in [0.1, 0.15) is 0 Å². The Balaban J connectivity index is 1.64. The van der Waals surface area contributed by atoms with Gasteiger partial charge in [0.15, 0.2) is 0 Å². The van der Waals surface area contributed by atoms with Crippen molar-refractivity contribution in [2.45, 2.75) is 34.2 Å². The van der Waals surface area contributed by atoms with Crippen LogP contribution in [0, 0.1) is 27.7 Å². The van der Waals surface area contributed by atoms with E-state index in [9.17, 15) is 4.79 Å². The average molecular weight is 360 g/mol. The fourth-order valence-electron chi connectivity index (χ4n) is 2.99. The summed E-state index contributed by atoms with van der Waals surface area (Å²) in [7, 11) is 0. The number of rotatable bonds is 5. The number of hydrogen-bond acceptors (Lipinski definition) is 4. The highest BCUT2D eigenvalue weighted by Gasteiger charge is 2.09. The van der Waals surface area contributed by atoms with Crippen molar-refractivity contribution in [2.75, 3.05) is 5.32 Å². The SMILES string of the molecule is Cc1ccc(CNC(=O)c2cnc(Nc3c(C)cc(C)cc3C)nc2)cc1. The van der Waals surface area contributed by atoms with E-state index >= 15 is 0 Å². The predicted molar refractivity (Wildman–Crippen MR) is 108 cm³/mol. The summed E-state index contributed by atoms with van der Waals surface area (Å²) in [5.74, 6) is 0.282. The highest BCUT2D eigenvalue weighted by atomic mass is 16.1. The van der Waals surface area contributed by atoms with E-state index in [4.69, 9.17) is 0 Å². The number of hydrogen-bond donors (Lipinski definition) is 2. The van der Waals surface area contributed by atoms with E-state index in [1.807, 2.05) is 31.2 Å². The van der Waals surface area contributed by atoms with Crippen LogP contribution >= 0.6 is 0 Å². The summed E-state index contributed by atoms with van der Waals surface area (Å²) in [6, 6.07) is 12.3. The summed E-state index contributed by atoms with van der Waals surface area (Å²) in [6.45, 7) is 8.69. The van der Waals surface area contributed by atoms with Crippen LogP contribution in [0.4, 0.5) is 11.6 Å². The molecule has 0 atom stereocenters. The number of anilines is 2.